The number of amides is 1. The predicted molar refractivity (Wildman–Crippen MR) is 141 cm³/mol. The smallest absolute Gasteiger partial charge is 0.305 e. The molecule has 7 nitrogen and oxygen atoms in total. The number of hydrogen-bond acceptors (Lipinski definition) is 8. The molecular formula is C24H18ClN3O4S3. The lowest BCUT2D eigenvalue weighted by molar-refractivity contribution is -0.138. The van der Waals surface area contributed by atoms with Gasteiger partial charge in [-0.15, -0.1) is 34.4 Å². The zero-order valence-electron chi connectivity index (χ0n) is 18.3. The second-order valence-corrected chi connectivity index (χ2v) is 11.0. The quantitative estimate of drug-likeness (QED) is 0.296. The van der Waals surface area contributed by atoms with Crippen LogP contribution in [0.4, 0.5) is 5.13 Å². The first-order chi connectivity index (χ1) is 16.9. The van der Waals surface area contributed by atoms with Crippen LogP contribution in [0, 0.1) is 0 Å². The van der Waals surface area contributed by atoms with E-state index in [1.54, 1.807) is 24.1 Å². The molecule has 1 amide bonds. The van der Waals surface area contributed by atoms with E-state index in [1.165, 1.54) is 34.4 Å². The number of hydrogen-bond donors (Lipinski definition) is 1. The van der Waals surface area contributed by atoms with Crippen molar-refractivity contribution in [2.24, 2.45) is 0 Å². The van der Waals surface area contributed by atoms with Gasteiger partial charge in [-0.2, -0.15) is 0 Å². The number of carboxylic acids is 1. The Labute approximate surface area is 218 Å². The highest BCUT2D eigenvalue weighted by molar-refractivity contribution is 8.01. The van der Waals surface area contributed by atoms with E-state index in [1.807, 2.05) is 47.2 Å². The number of benzene rings is 2. The van der Waals surface area contributed by atoms with Crippen molar-refractivity contribution in [2.75, 3.05) is 12.0 Å². The second-order valence-electron chi connectivity index (χ2n) is 7.62. The summed E-state index contributed by atoms with van der Waals surface area (Å²) < 4.78 is 5.22. The summed E-state index contributed by atoms with van der Waals surface area (Å²) in [5, 5.41) is 13.9. The van der Waals surface area contributed by atoms with Crippen LogP contribution in [-0.4, -0.2) is 39.3 Å². The van der Waals surface area contributed by atoms with Crippen molar-refractivity contribution in [3.05, 3.63) is 69.9 Å². The molecule has 0 radical (unpaired) electrons. The number of aromatic nitrogens is 2. The van der Waals surface area contributed by atoms with Crippen molar-refractivity contribution in [1.82, 2.24) is 9.97 Å². The normalized spacial score (nSPS) is 17.7. The topological polar surface area (TPSA) is 92.6 Å². The molecule has 0 aliphatic carbocycles. The maximum atomic E-state index is 13.2. The summed E-state index contributed by atoms with van der Waals surface area (Å²) in [5.41, 5.74) is 3.32. The highest BCUT2D eigenvalue weighted by Crippen LogP contribution is 2.48. The minimum atomic E-state index is -1.01. The summed E-state index contributed by atoms with van der Waals surface area (Å²) in [4.78, 5) is 35.6. The molecule has 0 bridgehead atoms. The Balaban J connectivity index is 1.44. The zero-order valence-corrected chi connectivity index (χ0v) is 21.5. The van der Waals surface area contributed by atoms with Gasteiger partial charge in [-0.1, -0.05) is 23.7 Å². The lowest BCUT2D eigenvalue weighted by Gasteiger charge is -2.21. The summed E-state index contributed by atoms with van der Waals surface area (Å²) in [6, 6.07) is 14.9. The number of nitrogens with zero attached hydrogens (tertiary/aromatic N) is 3. The highest BCUT2D eigenvalue weighted by atomic mass is 35.5. The standard InChI is InChI=1S/C24H18ClN3O4S3/c1-32-16-8-4-13(5-9-16)17-11-33-21(26-17)18-12-34-24(27-18)28-22(31)19(10-20(29)30)35-23(28)14-2-6-15(25)7-3-14/h2-9,11-12,19,23H,10H2,1H3,(H,29,30). The molecule has 0 saturated carbocycles. The van der Waals surface area contributed by atoms with Gasteiger partial charge in [-0.3, -0.25) is 14.5 Å². The van der Waals surface area contributed by atoms with E-state index in [0.717, 1.165) is 27.6 Å². The van der Waals surface area contributed by atoms with E-state index in [2.05, 4.69) is 0 Å². The first-order valence-corrected chi connectivity index (χ1v) is 13.5. The number of rotatable bonds is 7. The zero-order chi connectivity index (χ0) is 24.5. The Morgan fingerprint density at radius 1 is 1.06 bits per heavy atom. The molecule has 11 heteroatoms. The van der Waals surface area contributed by atoms with E-state index < -0.39 is 16.6 Å². The highest BCUT2D eigenvalue weighted by Gasteiger charge is 2.44. The minimum absolute atomic E-state index is 0.250. The number of aliphatic carboxylic acids is 1. The van der Waals surface area contributed by atoms with Crippen molar-refractivity contribution in [3.63, 3.8) is 0 Å². The molecule has 1 fully saturated rings. The molecule has 1 aliphatic rings. The lowest BCUT2D eigenvalue weighted by Crippen LogP contribution is -2.31. The van der Waals surface area contributed by atoms with Gasteiger partial charge in [0.05, 0.1) is 24.5 Å². The summed E-state index contributed by atoms with van der Waals surface area (Å²) in [5.74, 6) is -0.504. The van der Waals surface area contributed by atoms with Crippen LogP contribution in [0.15, 0.2) is 59.3 Å². The SMILES string of the molecule is COc1ccc(-c2csc(-c3csc(N4C(=O)C(CC(=O)O)SC4c4ccc(Cl)cc4)n3)n2)cc1. The van der Waals surface area contributed by atoms with Gasteiger partial charge in [-0.05, 0) is 42.0 Å². The summed E-state index contributed by atoms with van der Waals surface area (Å²) >= 11 is 10.2. The number of halogens is 1. The molecule has 2 aromatic carbocycles. The number of ether oxygens (including phenoxy) is 1. The van der Waals surface area contributed by atoms with Crippen molar-refractivity contribution in [1.29, 1.82) is 0 Å². The number of anilines is 1. The van der Waals surface area contributed by atoms with E-state index in [-0.39, 0.29) is 12.3 Å². The number of carbonyl (C=O) groups is 2. The van der Waals surface area contributed by atoms with E-state index >= 15 is 0 Å². The molecule has 5 rings (SSSR count). The molecule has 1 aliphatic heterocycles. The average molecular weight is 544 g/mol. The van der Waals surface area contributed by atoms with Crippen LogP contribution >= 0.6 is 46.0 Å². The Hall–Kier alpha value is -2.92. The molecule has 4 aromatic rings. The van der Waals surface area contributed by atoms with E-state index in [9.17, 15) is 14.7 Å². The number of thiazole rings is 2. The van der Waals surface area contributed by atoms with E-state index in [4.69, 9.17) is 26.3 Å². The van der Waals surface area contributed by atoms with Crippen molar-refractivity contribution in [3.8, 4) is 27.7 Å². The van der Waals surface area contributed by atoms with Crippen molar-refractivity contribution in [2.45, 2.75) is 17.0 Å². The van der Waals surface area contributed by atoms with Crippen molar-refractivity contribution < 1.29 is 19.4 Å². The second kappa shape index (κ2) is 9.98. The largest absolute Gasteiger partial charge is 0.497 e. The van der Waals surface area contributed by atoms with Crippen LogP contribution in [0.3, 0.4) is 0 Å². The Morgan fingerprint density at radius 2 is 1.77 bits per heavy atom. The maximum absolute atomic E-state index is 13.2. The Bertz CT molecular complexity index is 1370. The van der Waals surface area contributed by atoms with Crippen LogP contribution in [0.5, 0.6) is 5.75 Å². The van der Waals surface area contributed by atoms with Crippen LogP contribution in [0.25, 0.3) is 22.0 Å². The lowest BCUT2D eigenvalue weighted by atomic mass is 10.2. The fourth-order valence-corrected chi connectivity index (χ4v) is 6.96. The van der Waals surface area contributed by atoms with E-state index in [0.29, 0.717) is 15.8 Å². The fourth-order valence-electron chi connectivity index (χ4n) is 3.65. The number of thioether (sulfide) groups is 1. The fraction of sp³-hybridized carbons (Fsp3) is 0.167. The number of carboxylic acid groups (broad SMARTS) is 1. The van der Waals surface area contributed by atoms with Gasteiger partial charge in [0.15, 0.2) is 5.13 Å². The maximum Gasteiger partial charge on any atom is 0.305 e. The van der Waals surface area contributed by atoms with Gasteiger partial charge < -0.3 is 9.84 Å². The molecule has 3 heterocycles. The minimum Gasteiger partial charge on any atom is -0.497 e. The summed E-state index contributed by atoms with van der Waals surface area (Å²) in [6.45, 7) is 0. The third kappa shape index (κ3) is 4.92. The monoisotopic (exact) mass is 543 g/mol. The first kappa shape index (κ1) is 23.8. The van der Waals surface area contributed by atoms with Crippen LogP contribution < -0.4 is 9.64 Å². The molecule has 0 spiro atoms. The molecule has 2 atom stereocenters. The van der Waals surface area contributed by atoms with Crippen LogP contribution in [0.2, 0.25) is 5.02 Å². The number of carbonyl (C=O) groups excluding carboxylic acids is 1. The Kier molecular flexibility index (Phi) is 6.79. The van der Waals surface area contributed by atoms with Gasteiger partial charge in [0.1, 0.15) is 21.8 Å². The third-order valence-electron chi connectivity index (χ3n) is 5.36. The van der Waals surface area contributed by atoms with Gasteiger partial charge in [0, 0.05) is 21.3 Å². The van der Waals surface area contributed by atoms with Gasteiger partial charge in [-0.25, -0.2) is 9.97 Å². The predicted octanol–water partition coefficient (Wildman–Crippen LogP) is 6.22. The average Bonchev–Trinajstić information content (AvgIpc) is 3.59. The Morgan fingerprint density at radius 3 is 2.46 bits per heavy atom. The van der Waals surface area contributed by atoms with Crippen molar-refractivity contribution >= 4 is 63.0 Å². The molecule has 35 heavy (non-hydrogen) atoms. The summed E-state index contributed by atoms with van der Waals surface area (Å²) in [7, 11) is 1.63. The molecule has 178 valence electrons. The first-order valence-electron chi connectivity index (χ1n) is 10.4. The van der Waals surface area contributed by atoms with Gasteiger partial charge >= 0.3 is 5.97 Å². The van der Waals surface area contributed by atoms with Gasteiger partial charge in [0.2, 0.25) is 5.91 Å². The third-order valence-corrected chi connectivity index (χ3v) is 8.76. The summed E-state index contributed by atoms with van der Waals surface area (Å²) in [6.07, 6.45) is -0.250. The van der Waals surface area contributed by atoms with Crippen LogP contribution in [-0.2, 0) is 9.59 Å². The molecular weight excluding hydrogens is 526 g/mol. The molecule has 1 saturated heterocycles. The molecule has 1 N–H and O–H groups in total. The van der Waals surface area contributed by atoms with Gasteiger partial charge in [0.25, 0.3) is 0 Å². The molecule has 2 unspecified atom stereocenters. The molecule has 2 aromatic heterocycles. The number of methoxy groups -OCH3 is 1. The van der Waals surface area contributed by atoms with Crippen LogP contribution in [0.1, 0.15) is 17.4 Å².